The van der Waals surface area contributed by atoms with Crippen LogP contribution in [0.1, 0.15) is 85.0 Å². The minimum Gasteiger partial charge on any atom is -0.481 e. The highest BCUT2D eigenvalue weighted by atomic mass is 16.5. The van der Waals surface area contributed by atoms with Gasteiger partial charge in [0.15, 0.2) is 5.78 Å². The number of carbonyl (C=O) groups is 3. The normalized spacial score (nSPS) is 42.6. The first-order valence-corrected chi connectivity index (χ1v) is 11.8. The third-order valence-corrected chi connectivity index (χ3v) is 9.54. The van der Waals surface area contributed by atoms with Gasteiger partial charge in [0.2, 0.25) is 0 Å². The number of hydrogen-bond acceptors (Lipinski definition) is 4. The molecule has 0 bridgehead atoms. The molecule has 0 heterocycles. The number of fused-ring (bicyclic) bond motifs is 5. The minimum absolute atomic E-state index is 0.0124. The van der Waals surface area contributed by atoms with Crippen LogP contribution in [0, 0.1) is 34.5 Å². The Balaban J connectivity index is 1.47. The summed E-state index contributed by atoms with van der Waals surface area (Å²) in [5, 5.41) is 8.78. The number of carboxylic acids is 1. The first-order chi connectivity index (χ1) is 14.2. The lowest BCUT2D eigenvalue weighted by molar-refractivity contribution is -0.161. The fourth-order valence-corrected chi connectivity index (χ4v) is 7.81. The molecule has 166 valence electrons. The fraction of sp³-hybridized carbons (Fsp3) is 0.800. The van der Waals surface area contributed by atoms with Gasteiger partial charge in [-0.1, -0.05) is 19.4 Å². The maximum atomic E-state index is 12.3. The molecule has 0 aromatic rings. The molecule has 0 saturated heterocycles. The van der Waals surface area contributed by atoms with Gasteiger partial charge in [0.05, 0.1) is 0 Å². The van der Waals surface area contributed by atoms with Gasteiger partial charge in [0.1, 0.15) is 6.10 Å². The van der Waals surface area contributed by atoms with Crippen LogP contribution in [0.3, 0.4) is 0 Å². The molecule has 3 unspecified atom stereocenters. The second kappa shape index (κ2) is 7.80. The maximum absolute atomic E-state index is 12.3. The van der Waals surface area contributed by atoms with Crippen molar-refractivity contribution in [3.05, 3.63) is 11.6 Å². The average molecular weight is 417 g/mol. The molecule has 5 nitrogen and oxygen atoms in total. The van der Waals surface area contributed by atoms with E-state index in [1.165, 1.54) is 12.0 Å². The SMILES string of the molecule is CC1=CC(=O)C[C@@H]2CCC3C4CC[C@H](OC(=O)CCCC(=O)O)[C@@]4(C)CCC3[C@@]12C. The summed E-state index contributed by atoms with van der Waals surface area (Å²) in [5.74, 6) is 1.48. The molecule has 0 aliphatic heterocycles. The van der Waals surface area contributed by atoms with Crippen molar-refractivity contribution in [1.29, 1.82) is 0 Å². The van der Waals surface area contributed by atoms with E-state index >= 15 is 0 Å². The smallest absolute Gasteiger partial charge is 0.306 e. The van der Waals surface area contributed by atoms with Gasteiger partial charge in [0.25, 0.3) is 0 Å². The lowest BCUT2D eigenvalue weighted by atomic mass is 9.45. The van der Waals surface area contributed by atoms with E-state index in [2.05, 4.69) is 20.8 Å². The third-order valence-electron chi connectivity index (χ3n) is 9.54. The van der Waals surface area contributed by atoms with Gasteiger partial charge in [-0.25, -0.2) is 0 Å². The highest BCUT2D eigenvalue weighted by Crippen LogP contribution is 2.66. The molecule has 30 heavy (non-hydrogen) atoms. The number of ether oxygens (including phenoxy) is 1. The topological polar surface area (TPSA) is 80.7 Å². The molecule has 1 N–H and O–H groups in total. The molecule has 0 aromatic carbocycles. The van der Waals surface area contributed by atoms with Gasteiger partial charge in [-0.3, -0.25) is 14.4 Å². The summed E-state index contributed by atoms with van der Waals surface area (Å²) in [6.07, 6.45) is 9.64. The zero-order chi connectivity index (χ0) is 21.7. The molecule has 0 spiro atoms. The zero-order valence-electron chi connectivity index (χ0n) is 18.6. The molecule has 0 aromatic heterocycles. The van der Waals surface area contributed by atoms with Gasteiger partial charge in [-0.05, 0) is 87.0 Å². The lowest BCUT2D eigenvalue weighted by Gasteiger charge is -2.60. The Morgan fingerprint density at radius 2 is 1.87 bits per heavy atom. The van der Waals surface area contributed by atoms with Crippen LogP contribution >= 0.6 is 0 Å². The van der Waals surface area contributed by atoms with Crippen molar-refractivity contribution in [1.82, 2.24) is 0 Å². The van der Waals surface area contributed by atoms with Crippen LogP contribution in [-0.4, -0.2) is 28.9 Å². The number of carbonyl (C=O) groups excluding carboxylic acids is 2. The summed E-state index contributed by atoms with van der Waals surface area (Å²) < 4.78 is 5.92. The number of carboxylic acid groups (broad SMARTS) is 1. The summed E-state index contributed by atoms with van der Waals surface area (Å²) >= 11 is 0. The summed E-state index contributed by atoms with van der Waals surface area (Å²) in [5.41, 5.74) is 1.43. The Kier molecular flexibility index (Phi) is 5.61. The highest BCUT2D eigenvalue weighted by Gasteiger charge is 2.61. The van der Waals surface area contributed by atoms with Crippen molar-refractivity contribution in [2.24, 2.45) is 34.5 Å². The molecule has 4 aliphatic carbocycles. The molecule has 4 aliphatic rings. The molecule has 3 saturated carbocycles. The van der Waals surface area contributed by atoms with Crippen molar-refractivity contribution >= 4 is 17.7 Å². The number of rotatable bonds is 5. The van der Waals surface area contributed by atoms with Crippen LogP contribution < -0.4 is 0 Å². The van der Waals surface area contributed by atoms with Crippen LogP contribution in [0.2, 0.25) is 0 Å². The fourth-order valence-electron chi connectivity index (χ4n) is 7.81. The first kappa shape index (κ1) is 21.6. The number of hydrogen-bond donors (Lipinski definition) is 1. The molecular weight excluding hydrogens is 380 g/mol. The van der Waals surface area contributed by atoms with Crippen LogP contribution in [0.5, 0.6) is 0 Å². The van der Waals surface area contributed by atoms with Crippen LogP contribution in [-0.2, 0) is 19.1 Å². The van der Waals surface area contributed by atoms with Gasteiger partial charge < -0.3 is 9.84 Å². The van der Waals surface area contributed by atoms with Crippen molar-refractivity contribution in [3.63, 3.8) is 0 Å². The standard InChI is InChI=1S/C25H36O5/c1-15-13-17(26)14-16-7-8-18-19-9-10-21(30-23(29)6-4-5-22(27)28)24(19,2)12-11-20(18)25(15,16)3/h13,16,18-21H,4-12,14H2,1-3H3,(H,27,28)/t16-,18?,19?,20?,21-,24-,25-/m0/s1. The first-order valence-electron chi connectivity index (χ1n) is 11.8. The monoisotopic (exact) mass is 416 g/mol. The number of aliphatic carboxylic acids is 1. The van der Waals surface area contributed by atoms with E-state index in [4.69, 9.17) is 9.84 Å². The van der Waals surface area contributed by atoms with Gasteiger partial charge in [-0.2, -0.15) is 0 Å². The van der Waals surface area contributed by atoms with Crippen molar-refractivity contribution in [3.8, 4) is 0 Å². The summed E-state index contributed by atoms with van der Waals surface area (Å²) in [6, 6.07) is 0. The van der Waals surface area contributed by atoms with E-state index < -0.39 is 5.97 Å². The Morgan fingerprint density at radius 3 is 2.60 bits per heavy atom. The van der Waals surface area contributed by atoms with Crippen molar-refractivity contribution < 1.29 is 24.2 Å². The largest absolute Gasteiger partial charge is 0.481 e. The van der Waals surface area contributed by atoms with E-state index in [9.17, 15) is 14.4 Å². The third kappa shape index (κ3) is 3.42. The Bertz CT molecular complexity index is 770. The van der Waals surface area contributed by atoms with Crippen molar-refractivity contribution in [2.45, 2.75) is 91.1 Å². The zero-order valence-corrected chi connectivity index (χ0v) is 18.6. The second-order valence-corrected chi connectivity index (χ2v) is 10.8. The minimum atomic E-state index is -0.869. The van der Waals surface area contributed by atoms with E-state index in [0.717, 1.165) is 32.1 Å². The Hall–Kier alpha value is -1.65. The summed E-state index contributed by atoms with van der Waals surface area (Å²) in [7, 11) is 0. The number of esters is 1. The van der Waals surface area contributed by atoms with Crippen LogP contribution in [0.15, 0.2) is 11.6 Å². The van der Waals surface area contributed by atoms with Gasteiger partial charge >= 0.3 is 11.9 Å². The van der Waals surface area contributed by atoms with Crippen LogP contribution in [0.25, 0.3) is 0 Å². The molecule has 4 rings (SSSR count). The second-order valence-electron chi connectivity index (χ2n) is 10.8. The predicted octanol–water partition coefficient (Wildman–Crippen LogP) is 4.93. The number of ketones is 1. The predicted molar refractivity (Wildman–Crippen MR) is 113 cm³/mol. The Labute approximate surface area is 179 Å². The summed E-state index contributed by atoms with van der Waals surface area (Å²) in [4.78, 5) is 35.2. The van der Waals surface area contributed by atoms with E-state index in [1.54, 1.807) is 0 Å². The summed E-state index contributed by atoms with van der Waals surface area (Å²) in [6.45, 7) is 6.89. The molecule has 5 heteroatoms. The number of allylic oxidation sites excluding steroid dienone is 2. The quantitative estimate of drug-likeness (QED) is 0.643. The van der Waals surface area contributed by atoms with E-state index in [0.29, 0.717) is 42.3 Å². The van der Waals surface area contributed by atoms with Crippen LogP contribution in [0.4, 0.5) is 0 Å². The Morgan fingerprint density at radius 1 is 1.10 bits per heavy atom. The van der Waals surface area contributed by atoms with E-state index in [1.807, 2.05) is 6.08 Å². The van der Waals surface area contributed by atoms with Crippen molar-refractivity contribution in [2.75, 3.05) is 0 Å². The molecule has 3 fully saturated rings. The van der Waals surface area contributed by atoms with Gasteiger partial charge in [-0.15, -0.1) is 0 Å². The average Bonchev–Trinajstić information content (AvgIpc) is 2.99. The lowest BCUT2D eigenvalue weighted by Crippen LogP contribution is -2.54. The van der Waals surface area contributed by atoms with Gasteiger partial charge in [0, 0.05) is 24.7 Å². The highest BCUT2D eigenvalue weighted by molar-refractivity contribution is 5.91. The molecular formula is C25H36O5. The molecule has 7 atom stereocenters. The molecule has 0 radical (unpaired) electrons. The molecule has 0 amide bonds. The van der Waals surface area contributed by atoms with E-state index in [-0.39, 0.29) is 35.7 Å². The maximum Gasteiger partial charge on any atom is 0.306 e.